The van der Waals surface area contributed by atoms with Crippen molar-refractivity contribution in [1.82, 2.24) is 20.0 Å². The van der Waals surface area contributed by atoms with Gasteiger partial charge in [0.1, 0.15) is 11.0 Å². The number of aromatic nitrogens is 4. The average Bonchev–Trinajstić information content (AvgIpc) is 2.92. The Kier molecular flexibility index (Phi) is 4.46. The highest BCUT2D eigenvalue weighted by molar-refractivity contribution is 6.31. The summed E-state index contributed by atoms with van der Waals surface area (Å²) in [6, 6.07) is 7.23. The lowest BCUT2D eigenvalue weighted by atomic mass is 10.2. The monoisotopic (exact) mass is 365 g/mol. The third kappa shape index (κ3) is 3.22. The predicted octanol–water partition coefficient (Wildman–Crippen LogP) is 3.67. The van der Waals surface area contributed by atoms with E-state index in [0.29, 0.717) is 17.1 Å². The molecule has 0 bridgehead atoms. The Hall–Kier alpha value is -2.51. The van der Waals surface area contributed by atoms with Crippen molar-refractivity contribution >= 4 is 34.8 Å². The number of rotatable bonds is 3. The van der Waals surface area contributed by atoms with Gasteiger partial charge in [-0.1, -0.05) is 28.4 Å². The maximum Gasteiger partial charge on any atom is 0.278 e. The van der Waals surface area contributed by atoms with E-state index in [9.17, 15) is 9.18 Å². The van der Waals surface area contributed by atoms with Gasteiger partial charge < -0.3 is 5.32 Å². The number of hydrogen-bond donors (Lipinski definition) is 1. The molecule has 0 fully saturated rings. The second kappa shape index (κ2) is 6.54. The van der Waals surface area contributed by atoms with Crippen LogP contribution in [0.3, 0.4) is 0 Å². The van der Waals surface area contributed by atoms with Gasteiger partial charge in [-0.25, -0.2) is 14.1 Å². The van der Waals surface area contributed by atoms with E-state index in [2.05, 4.69) is 20.6 Å². The third-order valence-corrected chi connectivity index (χ3v) is 3.74. The number of carbonyl (C=O) groups excluding carboxylic acids is 1. The van der Waals surface area contributed by atoms with Crippen LogP contribution in [0.5, 0.6) is 0 Å². The molecule has 0 aliphatic carbocycles. The number of halogens is 3. The smallest absolute Gasteiger partial charge is 0.278 e. The Morgan fingerprint density at radius 3 is 2.75 bits per heavy atom. The Morgan fingerprint density at radius 2 is 2.04 bits per heavy atom. The van der Waals surface area contributed by atoms with E-state index in [4.69, 9.17) is 23.2 Å². The van der Waals surface area contributed by atoms with Gasteiger partial charge in [0, 0.05) is 11.9 Å². The van der Waals surface area contributed by atoms with Crippen molar-refractivity contribution in [2.24, 2.45) is 0 Å². The summed E-state index contributed by atoms with van der Waals surface area (Å²) in [5, 5.41) is 10.7. The summed E-state index contributed by atoms with van der Waals surface area (Å²) in [7, 11) is 0. The first-order valence-electron chi connectivity index (χ1n) is 6.76. The molecule has 0 spiro atoms. The van der Waals surface area contributed by atoms with Gasteiger partial charge in [-0.2, -0.15) is 0 Å². The summed E-state index contributed by atoms with van der Waals surface area (Å²) >= 11 is 11.6. The summed E-state index contributed by atoms with van der Waals surface area (Å²) in [6.45, 7) is 1.67. The van der Waals surface area contributed by atoms with E-state index >= 15 is 0 Å². The van der Waals surface area contributed by atoms with E-state index in [1.165, 1.54) is 35.1 Å². The molecule has 2 heterocycles. The molecule has 1 aromatic carbocycles. The molecule has 6 nitrogen and oxygen atoms in total. The van der Waals surface area contributed by atoms with E-state index < -0.39 is 11.7 Å². The molecule has 122 valence electrons. The lowest BCUT2D eigenvalue weighted by Crippen LogP contribution is -2.14. The average molecular weight is 366 g/mol. The molecular weight excluding hydrogens is 356 g/mol. The van der Waals surface area contributed by atoms with Crippen molar-refractivity contribution in [3.63, 3.8) is 0 Å². The Balaban J connectivity index is 1.89. The molecule has 0 aliphatic rings. The molecule has 1 N–H and O–H groups in total. The fourth-order valence-corrected chi connectivity index (χ4v) is 2.42. The van der Waals surface area contributed by atoms with Gasteiger partial charge in [-0.3, -0.25) is 4.79 Å². The number of anilines is 1. The molecule has 0 radical (unpaired) electrons. The van der Waals surface area contributed by atoms with Crippen LogP contribution in [0, 0.1) is 12.7 Å². The molecule has 0 atom stereocenters. The standard InChI is InChI=1S/C15H10Cl2FN5O/c1-8-14(15(24)20-9-4-5-19-13(17)6-9)21-22-23(8)10-2-3-12(18)11(16)7-10/h2-7H,1H3,(H,19,20,24). The zero-order valence-corrected chi connectivity index (χ0v) is 13.8. The summed E-state index contributed by atoms with van der Waals surface area (Å²) in [4.78, 5) is 16.2. The normalized spacial score (nSPS) is 10.7. The first kappa shape index (κ1) is 16.4. The van der Waals surface area contributed by atoms with Crippen molar-refractivity contribution in [2.45, 2.75) is 6.92 Å². The number of nitrogens with zero attached hydrogens (tertiary/aromatic N) is 4. The molecule has 24 heavy (non-hydrogen) atoms. The maximum absolute atomic E-state index is 13.3. The molecule has 1 amide bonds. The minimum absolute atomic E-state index is 0.0418. The van der Waals surface area contributed by atoms with Crippen LogP contribution >= 0.6 is 23.2 Å². The van der Waals surface area contributed by atoms with E-state index in [1.54, 1.807) is 13.0 Å². The van der Waals surface area contributed by atoms with E-state index in [0.717, 1.165) is 0 Å². The number of benzene rings is 1. The van der Waals surface area contributed by atoms with Crippen LogP contribution in [0.2, 0.25) is 10.2 Å². The number of hydrogen-bond acceptors (Lipinski definition) is 4. The quantitative estimate of drug-likeness (QED) is 0.718. The van der Waals surface area contributed by atoms with Crippen LogP contribution in [-0.2, 0) is 0 Å². The van der Waals surface area contributed by atoms with Gasteiger partial charge in [0.25, 0.3) is 5.91 Å². The zero-order chi connectivity index (χ0) is 17.3. The highest BCUT2D eigenvalue weighted by Crippen LogP contribution is 2.20. The van der Waals surface area contributed by atoms with Crippen LogP contribution in [0.15, 0.2) is 36.5 Å². The lowest BCUT2D eigenvalue weighted by molar-refractivity contribution is 0.102. The van der Waals surface area contributed by atoms with Crippen LogP contribution in [0.25, 0.3) is 5.69 Å². The molecule has 9 heteroatoms. The van der Waals surface area contributed by atoms with Crippen molar-refractivity contribution in [3.8, 4) is 5.69 Å². The minimum Gasteiger partial charge on any atom is -0.320 e. The second-order valence-electron chi connectivity index (χ2n) is 4.86. The largest absolute Gasteiger partial charge is 0.320 e. The lowest BCUT2D eigenvalue weighted by Gasteiger charge is -2.06. The fourth-order valence-electron chi connectivity index (χ4n) is 2.07. The Bertz CT molecular complexity index is 928. The molecule has 2 aromatic heterocycles. The molecular formula is C15H10Cl2FN5O. The van der Waals surface area contributed by atoms with Crippen LogP contribution < -0.4 is 5.32 Å². The van der Waals surface area contributed by atoms with Gasteiger partial charge in [0.15, 0.2) is 5.69 Å². The highest BCUT2D eigenvalue weighted by Gasteiger charge is 2.18. The van der Waals surface area contributed by atoms with Crippen LogP contribution in [0.1, 0.15) is 16.2 Å². The van der Waals surface area contributed by atoms with Crippen molar-refractivity contribution < 1.29 is 9.18 Å². The highest BCUT2D eigenvalue weighted by atomic mass is 35.5. The first-order valence-corrected chi connectivity index (χ1v) is 7.52. The number of nitrogens with one attached hydrogen (secondary N) is 1. The van der Waals surface area contributed by atoms with E-state index in [1.807, 2.05) is 0 Å². The summed E-state index contributed by atoms with van der Waals surface area (Å²) in [5.74, 6) is -0.986. The topological polar surface area (TPSA) is 72.7 Å². The van der Waals surface area contributed by atoms with Gasteiger partial charge in [0.05, 0.1) is 16.4 Å². The summed E-state index contributed by atoms with van der Waals surface area (Å²) in [6.07, 6.45) is 1.47. The summed E-state index contributed by atoms with van der Waals surface area (Å²) in [5.41, 5.74) is 1.59. The van der Waals surface area contributed by atoms with Crippen LogP contribution in [-0.4, -0.2) is 25.9 Å². The van der Waals surface area contributed by atoms with Gasteiger partial charge >= 0.3 is 0 Å². The van der Waals surface area contributed by atoms with Crippen LogP contribution in [0.4, 0.5) is 10.1 Å². The third-order valence-electron chi connectivity index (χ3n) is 3.24. The predicted molar refractivity (Wildman–Crippen MR) is 88.3 cm³/mol. The number of pyridine rings is 1. The fraction of sp³-hybridized carbons (Fsp3) is 0.0667. The van der Waals surface area contributed by atoms with E-state index in [-0.39, 0.29) is 15.9 Å². The number of carbonyl (C=O) groups is 1. The van der Waals surface area contributed by atoms with Crippen molar-refractivity contribution in [3.05, 3.63) is 63.9 Å². The maximum atomic E-state index is 13.3. The molecule has 3 aromatic rings. The van der Waals surface area contributed by atoms with Crippen molar-refractivity contribution in [2.75, 3.05) is 5.32 Å². The molecule has 0 saturated heterocycles. The first-order chi connectivity index (χ1) is 11.5. The summed E-state index contributed by atoms with van der Waals surface area (Å²) < 4.78 is 14.7. The second-order valence-corrected chi connectivity index (χ2v) is 5.65. The molecule has 0 unspecified atom stereocenters. The molecule has 3 rings (SSSR count). The molecule has 0 aliphatic heterocycles. The Labute approximate surface area is 146 Å². The zero-order valence-electron chi connectivity index (χ0n) is 12.3. The Morgan fingerprint density at radius 1 is 1.25 bits per heavy atom. The van der Waals surface area contributed by atoms with Gasteiger partial charge in [-0.15, -0.1) is 5.10 Å². The van der Waals surface area contributed by atoms with Crippen molar-refractivity contribution in [1.29, 1.82) is 0 Å². The minimum atomic E-state index is -0.536. The molecule has 0 saturated carbocycles. The number of amides is 1. The SMILES string of the molecule is Cc1c(C(=O)Nc2ccnc(Cl)c2)nnn1-c1ccc(F)c(Cl)c1. The van der Waals surface area contributed by atoms with Gasteiger partial charge in [0.2, 0.25) is 0 Å². The van der Waals surface area contributed by atoms with Gasteiger partial charge in [-0.05, 0) is 37.3 Å².